The van der Waals surface area contributed by atoms with Crippen LogP contribution in [-0.2, 0) is 0 Å². The van der Waals surface area contributed by atoms with Gasteiger partial charge < -0.3 is 0 Å². The summed E-state index contributed by atoms with van der Waals surface area (Å²) < 4.78 is 1.35. The summed E-state index contributed by atoms with van der Waals surface area (Å²) in [6.45, 7) is 4.10. The molecule has 0 aromatic heterocycles. The Morgan fingerprint density at radius 3 is 2.35 bits per heavy atom. The third-order valence-electron chi connectivity index (χ3n) is 2.97. The summed E-state index contributed by atoms with van der Waals surface area (Å²) in [7, 11) is 0. The highest BCUT2D eigenvalue weighted by Gasteiger charge is 2.21. The van der Waals surface area contributed by atoms with Gasteiger partial charge in [0.2, 0.25) is 0 Å². The van der Waals surface area contributed by atoms with Gasteiger partial charge in [0.05, 0.1) is 0 Å². The molecule has 1 saturated heterocycles. The molecule has 0 radical (unpaired) electrons. The zero-order valence-electron chi connectivity index (χ0n) is 10.1. The van der Waals surface area contributed by atoms with E-state index in [1.807, 2.05) is 60.8 Å². The maximum atomic E-state index is 12.3. The number of hydrogen-bond donors (Lipinski definition) is 0. The topological polar surface area (TPSA) is 17.1 Å². The molecule has 0 saturated carbocycles. The van der Waals surface area contributed by atoms with Crippen molar-refractivity contribution in [2.45, 2.75) is 13.8 Å². The van der Waals surface area contributed by atoms with Gasteiger partial charge in [-0.3, -0.25) is 4.79 Å². The molecular weight excluding hydrogens is 248 g/mol. The summed E-state index contributed by atoms with van der Waals surface area (Å²) in [6.07, 6.45) is 0. The van der Waals surface area contributed by atoms with Crippen LogP contribution in [0.25, 0.3) is 0 Å². The summed E-state index contributed by atoms with van der Waals surface area (Å²) in [5.41, 5.74) is 2.04. The Balaban J connectivity index is 2.18. The lowest BCUT2D eigenvalue weighted by molar-refractivity contribution is 0.0948. The van der Waals surface area contributed by atoms with Crippen molar-refractivity contribution in [2.24, 2.45) is 5.92 Å². The van der Waals surface area contributed by atoms with Crippen LogP contribution in [-0.4, -0.2) is 17.3 Å². The van der Waals surface area contributed by atoms with Crippen LogP contribution in [0.4, 0.5) is 0 Å². The van der Waals surface area contributed by atoms with E-state index < -0.39 is 0 Å². The fourth-order valence-electron chi connectivity index (χ4n) is 1.76. The Hall–Kier alpha value is -0.670. The molecule has 0 N–H and O–H groups in total. The first kappa shape index (κ1) is 12.8. The van der Waals surface area contributed by atoms with Crippen LogP contribution in [0.5, 0.6) is 0 Å². The van der Waals surface area contributed by atoms with Crippen molar-refractivity contribution in [3.05, 3.63) is 45.7 Å². The predicted octanol–water partition coefficient (Wildman–Crippen LogP) is 4.22. The van der Waals surface area contributed by atoms with Crippen molar-refractivity contribution >= 4 is 29.3 Å². The Bertz CT molecular complexity index is 429. The average Bonchev–Trinajstić information content (AvgIpc) is 2.91. The lowest BCUT2D eigenvalue weighted by atomic mass is 9.94. The van der Waals surface area contributed by atoms with Gasteiger partial charge in [-0.25, -0.2) is 0 Å². The summed E-state index contributed by atoms with van der Waals surface area (Å²) in [5.74, 6) is 2.56. The van der Waals surface area contributed by atoms with E-state index in [0.29, 0.717) is 0 Å². The molecule has 1 unspecified atom stereocenters. The molecule has 1 heterocycles. The normalized spacial score (nSPS) is 16.9. The number of allylic oxidation sites excluding steroid dienone is 1. The number of ketones is 1. The van der Waals surface area contributed by atoms with Crippen molar-refractivity contribution in [1.29, 1.82) is 0 Å². The lowest BCUT2D eigenvalue weighted by Gasteiger charge is -2.13. The molecular formula is C14H16OS2. The van der Waals surface area contributed by atoms with Crippen molar-refractivity contribution in [3.63, 3.8) is 0 Å². The van der Waals surface area contributed by atoms with Gasteiger partial charge in [0.15, 0.2) is 5.78 Å². The molecule has 0 spiro atoms. The molecule has 17 heavy (non-hydrogen) atoms. The average molecular weight is 264 g/mol. The smallest absolute Gasteiger partial charge is 0.169 e. The largest absolute Gasteiger partial charge is 0.294 e. The molecule has 2 rings (SSSR count). The van der Waals surface area contributed by atoms with Crippen molar-refractivity contribution < 1.29 is 4.79 Å². The summed E-state index contributed by atoms with van der Waals surface area (Å²) in [4.78, 5) is 12.3. The quantitative estimate of drug-likeness (QED) is 0.761. The number of benzene rings is 1. The maximum absolute atomic E-state index is 12.3. The molecule has 1 atom stereocenters. The number of thioether (sulfide) groups is 2. The van der Waals surface area contributed by atoms with Gasteiger partial charge in [0, 0.05) is 27.2 Å². The van der Waals surface area contributed by atoms with Crippen LogP contribution in [0.15, 0.2) is 40.1 Å². The minimum absolute atomic E-state index is 0.00880. The number of carbonyl (C=O) groups excluding carboxylic acids is 1. The molecule has 1 aliphatic heterocycles. The minimum Gasteiger partial charge on any atom is -0.294 e. The molecule has 1 aliphatic rings. The molecule has 90 valence electrons. The van der Waals surface area contributed by atoms with Crippen LogP contribution < -0.4 is 0 Å². The second kappa shape index (κ2) is 5.78. The molecule has 1 nitrogen and oxygen atoms in total. The highest BCUT2D eigenvalue weighted by molar-refractivity contribution is 8.25. The first-order chi connectivity index (χ1) is 8.20. The first-order valence-electron chi connectivity index (χ1n) is 5.76. The summed E-state index contributed by atoms with van der Waals surface area (Å²) in [6, 6.07) is 9.57. The second-order valence-corrected chi connectivity index (χ2v) is 6.59. The maximum Gasteiger partial charge on any atom is 0.169 e. The van der Waals surface area contributed by atoms with E-state index in [-0.39, 0.29) is 11.7 Å². The molecule has 0 aliphatic carbocycles. The van der Waals surface area contributed by atoms with Crippen LogP contribution in [0.2, 0.25) is 0 Å². The lowest BCUT2D eigenvalue weighted by Crippen LogP contribution is -2.12. The zero-order chi connectivity index (χ0) is 12.3. The van der Waals surface area contributed by atoms with Gasteiger partial charge in [-0.05, 0) is 12.5 Å². The molecule has 0 bridgehead atoms. The Morgan fingerprint density at radius 1 is 1.18 bits per heavy atom. The third kappa shape index (κ3) is 2.96. The van der Waals surface area contributed by atoms with Gasteiger partial charge >= 0.3 is 0 Å². The minimum atomic E-state index is -0.00880. The Kier molecular flexibility index (Phi) is 4.35. The first-order valence-corrected chi connectivity index (χ1v) is 7.73. The number of carbonyl (C=O) groups is 1. The van der Waals surface area contributed by atoms with E-state index in [1.54, 1.807) is 0 Å². The van der Waals surface area contributed by atoms with Crippen molar-refractivity contribution in [3.8, 4) is 0 Å². The highest BCUT2D eigenvalue weighted by Crippen LogP contribution is 2.40. The van der Waals surface area contributed by atoms with Gasteiger partial charge in [0.25, 0.3) is 0 Å². The Labute approximate surface area is 111 Å². The van der Waals surface area contributed by atoms with Crippen LogP contribution in [0.1, 0.15) is 24.2 Å². The van der Waals surface area contributed by atoms with Gasteiger partial charge in [-0.15, -0.1) is 23.5 Å². The fourth-order valence-corrected chi connectivity index (χ4v) is 4.44. The summed E-state index contributed by atoms with van der Waals surface area (Å²) in [5, 5.41) is 0. The SMILES string of the molecule is CC(=C1SCCS1)C(C)C(=O)c1ccccc1. The van der Waals surface area contributed by atoms with Crippen LogP contribution in [0, 0.1) is 5.92 Å². The van der Waals surface area contributed by atoms with E-state index in [4.69, 9.17) is 0 Å². The van der Waals surface area contributed by atoms with Gasteiger partial charge in [-0.2, -0.15) is 0 Å². The standard InChI is InChI=1S/C14H16OS2/c1-10(11(2)14-16-8-9-17-14)13(15)12-6-4-3-5-7-12/h3-7,10H,8-9H2,1-2H3. The van der Waals surface area contributed by atoms with Gasteiger partial charge in [0.1, 0.15) is 0 Å². The third-order valence-corrected chi connectivity index (χ3v) is 5.92. The molecule has 3 heteroatoms. The second-order valence-electron chi connectivity index (χ2n) is 4.12. The van der Waals surface area contributed by atoms with E-state index in [9.17, 15) is 4.79 Å². The van der Waals surface area contributed by atoms with Crippen molar-refractivity contribution in [2.75, 3.05) is 11.5 Å². The van der Waals surface area contributed by atoms with Gasteiger partial charge in [-0.1, -0.05) is 37.3 Å². The van der Waals surface area contributed by atoms with E-state index in [0.717, 1.165) is 5.56 Å². The van der Waals surface area contributed by atoms with Crippen molar-refractivity contribution in [1.82, 2.24) is 0 Å². The molecule has 1 fully saturated rings. The fraction of sp³-hybridized carbons (Fsp3) is 0.357. The molecule has 1 aromatic carbocycles. The van der Waals surface area contributed by atoms with E-state index >= 15 is 0 Å². The number of Topliss-reactive ketones (excluding diaryl/α,β-unsaturated/α-hetero) is 1. The van der Waals surface area contributed by atoms with Crippen LogP contribution >= 0.6 is 23.5 Å². The predicted molar refractivity (Wildman–Crippen MR) is 77.6 cm³/mol. The monoisotopic (exact) mass is 264 g/mol. The summed E-state index contributed by atoms with van der Waals surface area (Å²) >= 11 is 3.76. The molecule has 1 aromatic rings. The van der Waals surface area contributed by atoms with E-state index in [1.165, 1.54) is 21.3 Å². The zero-order valence-corrected chi connectivity index (χ0v) is 11.7. The number of rotatable bonds is 3. The molecule has 0 amide bonds. The number of hydrogen-bond acceptors (Lipinski definition) is 3. The van der Waals surface area contributed by atoms with E-state index in [2.05, 4.69) is 6.92 Å². The Morgan fingerprint density at radius 2 is 1.76 bits per heavy atom. The van der Waals surface area contributed by atoms with Crippen LogP contribution in [0.3, 0.4) is 0 Å². The highest BCUT2D eigenvalue weighted by atomic mass is 32.2.